The van der Waals surface area contributed by atoms with Crippen LogP contribution in [0, 0.1) is 0 Å². The summed E-state index contributed by atoms with van der Waals surface area (Å²) in [7, 11) is 0. The Labute approximate surface area is 186 Å². The van der Waals surface area contributed by atoms with Gasteiger partial charge in [-0.25, -0.2) is 0 Å². The molecule has 1 unspecified atom stereocenters. The van der Waals surface area contributed by atoms with Crippen molar-refractivity contribution in [3.63, 3.8) is 0 Å². The molecule has 5 nitrogen and oxygen atoms in total. The maximum absolute atomic E-state index is 13.0. The Morgan fingerprint density at radius 2 is 1.87 bits per heavy atom. The Morgan fingerprint density at radius 3 is 2.53 bits per heavy atom. The zero-order valence-electron chi connectivity index (χ0n) is 15.6. The zero-order chi connectivity index (χ0) is 21.3. The fourth-order valence-corrected chi connectivity index (χ4v) is 4.06. The molecule has 1 atom stereocenters. The lowest BCUT2D eigenvalue weighted by atomic mass is 9.95. The number of pyridine rings is 1. The molecule has 1 aromatic heterocycles. The summed E-state index contributed by atoms with van der Waals surface area (Å²) in [5.41, 5.74) is 1.96. The summed E-state index contributed by atoms with van der Waals surface area (Å²) in [4.78, 5) is 31.5. The minimum atomic E-state index is -0.738. The van der Waals surface area contributed by atoms with Crippen molar-refractivity contribution in [1.82, 2.24) is 9.88 Å². The molecule has 30 heavy (non-hydrogen) atoms. The molecule has 0 aliphatic carbocycles. The van der Waals surface area contributed by atoms with Gasteiger partial charge in [-0.2, -0.15) is 0 Å². The number of halogens is 2. The molecule has 2 aromatic carbocycles. The summed E-state index contributed by atoms with van der Waals surface area (Å²) < 4.78 is 0.804. The van der Waals surface area contributed by atoms with Crippen molar-refractivity contribution in [2.24, 2.45) is 0 Å². The Hall–Kier alpha value is -2.96. The number of carbonyl (C=O) groups is 2. The van der Waals surface area contributed by atoms with Crippen LogP contribution in [0.1, 0.15) is 22.7 Å². The molecular weight excluding hydrogens is 468 g/mol. The maximum Gasteiger partial charge on any atom is 0.295 e. The number of amides is 1. The average molecular weight is 484 g/mol. The van der Waals surface area contributed by atoms with Crippen molar-refractivity contribution in [3.8, 4) is 0 Å². The summed E-state index contributed by atoms with van der Waals surface area (Å²) in [6.07, 6.45) is 3.29. The van der Waals surface area contributed by atoms with E-state index in [2.05, 4.69) is 20.9 Å². The van der Waals surface area contributed by atoms with Crippen molar-refractivity contribution in [3.05, 3.63) is 105 Å². The van der Waals surface area contributed by atoms with Gasteiger partial charge in [0.15, 0.2) is 0 Å². The van der Waals surface area contributed by atoms with E-state index < -0.39 is 17.7 Å². The number of likely N-dealkylation sites (tertiary alicyclic amines) is 1. The van der Waals surface area contributed by atoms with Gasteiger partial charge in [-0.15, -0.1) is 0 Å². The van der Waals surface area contributed by atoms with Crippen molar-refractivity contribution < 1.29 is 14.7 Å². The molecule has 1 N–H and O–H groups in total. The van der Waals surface area contributed by atoms with Crippen molar-refractivity contribution in [2.45, 2.75) is 12.6 Å². The first-order chi connectivity index (χ1) is 14.5. The van der Waals surface area contributed by atoms with Gasteiger partial charge in [0.25, 0.3) is 11.7 Å². The van der Waals surface area contributed by atoms with Gasteiger partial charge in [-0.05, 0) is 53.6 Å². The summed E-state index contributed by atoms with van der Waals surface area (Å²) >= 11 is 9.39. The van der Waals surface area contributed by atoms with Gasteiger partial charge >= 0.3 is 0 Å². The predicted octanol–water partition coefficient (Wildman–Crippen LogP) is 5.12. The number of aromatic nitrogens is 1. The highest BCUT2D eigenvalue weighted by Gasteiger charge is 2.46. The smallest absolute Gasteiger partial charge is 0.295 e. The highest BCUT2D eigenvalue weighted by atomic mass is 79.9. The lowest BCUT2D eigenvalue weighted by Crippen LogP contribution is -2.29. The number of nitrogens with zero attached hydrogens (tertiary/aromatic N) is 2. The van der Waals surface area contributed by atoms with E-state index in [4.69, 9.17) is 11.6 Å². The number of aliphatic hydroxyl groups is 1. The first-order valence-electron chi connectivity index (χ1n) is 9.14. The normalized spacial score (nSPS) is 18.1. The molecule has 0 saturated carbocycles. The van der Waals surface area contributed by atoms with E-state index >= 15 is 0 Å². The molecule has 150 valence electrons. The number of carbonyl (C=O) groups excluding carboxylic acids is 2. The summed E-state index contributed by atoms with van der Waals surface area (Å²) in [5, 5.41) is 11.5. The topological polar surface area (TPSA) is 70.5 Å². The van der Waals surface area contributed by atoms with Crippen LogP contribution >= 0.6 is 27.5 Å². The molecule has 4 rings (SSSR count). The van der Waals surface area contributed by atoms with Gasteiger partial charge < -0.3 is 10.0 Å². The van der Waals surface area contributed by atoms with E-state index in [1.165, 1.54) is 4.90 Å². The second-order valence-electron chi connectivity index (χ2n) is 6.85. The van der Waals surface area contributed by atoms with Crippen molar-refractivity contribution >= 4 is 45.0 Å². The Kier molecular flexibility index (Phi) is 5.70. The molecule has 0 spiro atoms. The first kappa shape index (κ1) is 20.3. The first-order valence-corrected chi connectivity index (χ1v) is 10.3. The quantitative estimate of drug-likeness (QED) is 0.318. The lowest BCUT2D eigenvalue weighted by Gasteiger charge is -2.25. The summed E-state index contributed by atoms with van der Waals surface area (Å²) in [6, 6.07) is 16.7. The average Bonchev–Trinajstić information content (AvgIpc) is 2.99. The Balaban J connectivity index is 1.87. The SMILES string of the molecule is O=C1C(=O)N(Cc2cccnc2)C(c2cccc(Br)c2)/C1=C(\O)c1ccc(Cl)cc1. The fraction of sp³-hybridized carbons (Fsp3) is 0.0870. The molecule has 1 amide bonds. The largest absolute Gasteiger partial charge is 0.507 e. The number of hydrogen-bond acceptors (Lipinski definition) is 4. The molecular formula is C23H16BrClN2O3. The van der Waals surface area contributed by atoms with E-state index in [1.807, 2.05) is 30.3 Å². The summed E-state index contributed by atoms with van der Waals surface area (Å²) in [5.74, 6) is -1.63. The highest BCUT2D eigenvalue weighted by molar-refractivity contribution is 9.10. The fourth-order valence-electron chi connectivity index (χ4n) is 3.52. The third-order valence-electron chi connectivity index (χ3n) is 4.90. The van der Waals surface area contributed by atoms with Gasteiger partial charge in [0.1, 0.15) is 5.76 Å². The molecule has 0 radical (unpaired) electrons. The number of hydrogen-bond donors (Lipinski definition) is 1. The minimum absolute atomic E-state index is 0.0457. The van der Waals surface area contributed by atoms with Gasteiger partial charge in [0, 0.05) is 34.0 Å². The van der Waals surface area contributed by atoms with Crippen LogP contribution in [0.25, 0.3) is 5.76 Å². The molecule has 1 fully saturated rings. The molecule has 2 heterocycles. The molecule has 1 aliphatic heterocycles. The number of Topliss-reactive ketones (excluding diaryl/α,β-unsaturated/α-hetero) is 1. The third-order valence-corrected chi connectivity index (χ3v) is 5.64. The van der Waals surface area contributed by atoms with Crippen LogP contribution in [0.5, 0.6) is 0 Å². The second kappa shape index (κ2) is 8.42. The van der Waals surface area contributed by atoms with Crippen molar-refractivity contribution in [2.75, 3.05) is 0 Å². The predicted molar refractivity (Wildman–Crippen MR) is 118 cm³/mol. The van der Waals surface area contributed by atoms with Gasteiger partial charge in [-0.1, -0.05) is 45.7 Å². The number of aliphatic hydroxyl groups excluding tert-OH is 1. The van der Waals surface area contributed by atoms with Crippen LogP contribution in [0.15, 0.2) is 83.1 Å². The standard InChI is InChI=1S/C23H16BrClN2O3/c24-17-5-1-4-16(11-17)20-19(21(28)15-6-8-18(25)9-7-15)22(29)23(30)27(20)13-14-3-2-10-26-12-14/h1-12,20,28H,13H2/b21-19+. The van der Waals surface area contributed by atoms with Crippen LogP contribution in [-0.2, 0) is 16.1 Å². The zero-order valence-corrected chi connectivity index (χ0v) is 18.0. The monoisotopic (exact) mass is 482 g/mol. The van der Waals surface area contributed by atoms with E-state index in [0.29, 0.717) is 16.1 Å². The second-order valence-corrected chi connectivity index (χ2v) is 8.20. The molecule has 3 aromatic rings. The lowest BCUT2D eigenvalue weighted by molar-refractivity contribution is -0.140. The van der Waals surface area contributed by atoms with E-state index in [-0.39, 0.29) is 17.9 Å². The Bertz CT molecular complexity index is 1150. The molecule has 1 saturated heterocycles. The van der Waals surface area contributed by atoms with Crippen LogP contribution in [0.4, 0.5) is 0 Å². The summed E-state index contributed by atoms with van der Waals surface area (Å²) in [6.45, 7) is 0.187. The van der Waals surface area contributed by atoms with Crippen LogP contribution < -0.4 is 0 Å². The van der Waals surface area contributed by atoms with E-state index in [9.17, 15) is 14.7 Å². The van der Waals surface area contributed by atoms with E-state index in [1.54, 1.807) is 42.7 Å². The third kappa shape index (κ3) is 3.88. The molecule has 0 bridgehead atoms. The van der Waals surface area contributed by atoms with Gasteiger partial charge in [-0.3, -0.25) is 14.6 Å². The van der Waals surface area contributed by atoms with Crippen LogP contribution in [0.3, 0.4) is 0 Å². The maximum atomic E-state index is 13.0. The minimum Gasteiger partial charge on any atom is -0.507 e. The number of benzene rings is 2. The van der Waals surface area contributed by atoms with E-state index in [0.717, 1.165) is 10.0 Å². The Morgan fingerprint density at radius 1 is 1.10 bits per heavy atom. The van der Waals surface area contributed by atoms with Crippen molar-refractivity contribution in [1.29, 1.82) is 0 Å². The number of rotatable bonds is 4. The molecule has 1 aliphatic rings. The number of ketones is 1. The molecule has 7 heteroatoms. The van der Waals surface area contributed by atoms with Gasteiger partial charge in [0.05, 0.1) is 11.6 Å². The van der Waals surface area contributed by atoms with Crippen LogP contribution in [0.2, 0.25) is 5.02 Å². The van der Waals surface area contributed by atoms with Gasteiger partial charge in [0.2, 0.25) is 0 Å². The highest BCUT2D eigenvalue weighted by Crippen LogP contribution is 2.40. The van der Waals surface area contributed by atoms with Crippen LogP contribution in [-0.4, -0.2) is 26.7 Å².